The molecule has 2 saturated carbocycles. The summed E-state index contributed by atoms with van der Waals surface area (Å²) in [6.07, 6.45) is 11.4. The highest BCUT2D eigenvalue weighted by Crippen LogP contribution is 2.46. The number of nitrogens with one attached hydrogen (secondary N) is 1. The maximum Gasteiger partial charge on any atom is 0.108 e. The van der Waals surface area contributed by atoms with Gasteiger partial charge in [-0.2, -0.15) is 0 Å². The molecule has 2 fully saturated rings. The van der Waals surface area contributed by atoms with E-state index in [1.54, 1.807) is 0 Å². The predicted octanol–water partition coefficient (Wildman–Crippen LogP) is 3.44. The van der Waals surface area contributed by atoms with Crippen molar-refractivity contribution in [2.75, 3.05) is 0 Å². The zero-order chi connectivity index (χ0) is 11.2. The Morgan fingerprint density at radius 2 is 1.88 bits per heavy atom. The minimum atomic E-state index is 0.573. The average molecular weight is 231 g/mol. The van der Waals surface area contributed by atoms with Gasteiger partial charge in [0, 0.05) is 24.1 Å². The highest BCUT2D eigenvalue weighted by Gasteiger charge is 2.42. The summed E-state index contributed by atoms with van der Waals surface area (Å²) in [7, 11) is 0. The molecule has 0 aromatic carbocycles. The molecule has 2 nitrogen and oxygen atoms in total. The van der Waals surface area contributed by atoms with Crippen molar-refractivity contribution >= 4 is 0 Å². The summed E-state index contributed by atoms with van der Waals surface area (Å²) in [5.41, 5.74) is 1.45. The molecule has 0 saturated heterocycles. The average Bonchev–Trinajstić information content (AvgIpc) is 3.25. The highest BCUT2D eigenvalue weighted by molar-refractivity contribution is 5.24. The van der Waals surface area contributed by atoms with Crippen LogP contribution in [0.4, 0.5) is 0 Å². The zero-order valence-electron chi connectivity index (χ0n) is 10.3. The molecule has 0 radical (unpaired) electrons. The van der Waals surface area contributed by atoms with E-state index in [0.29, 0.717) is 6.04 Å². The van der Waals surface area contributed by atoms with Gasteiger partial charge < -0.3 is 9.73 Å². The monoisotopic (exact) mass is 231 g/mol. The summed E-state index contributed by atoms with van der Waals surface area (Å²) < 4.78 is 5.58. The second-order valence-corrected chi connectivity index (χ2v) is 6.11. The van der Waals surface area contributed by atoms with E-state index in [2.05, 4.69) is 11.4 Å². The van der Waals surface area contributed by atoms with Gasteiger partial charge in [-0.05, 0) is 56.4 Å². The number of hydrogen-bond acceptors (Lipinski definition) is 2. The summed E-state index contributed by atoms with van der Waals surface area (Å²) in [6, 6.07) is 3.56. The molecular formula is C15H21NO. The Kier molecular flexibility index (Phi) is 2.32. The van der Waals surface area contributed by atoms with E-state index in [1.807, 2.05) is 6.26 Å². The molecule has 0 spiro atoms. The molecule has 3 aliphatic rings. The maximum atomic E-state index is 5.58. The number of hydrogen-bond donors (Lipinski definition) is 1. The second-order valence-electron chi connectivity index (χ2n) is 6.11. The summed E-state index contributed by atoms with van der Waals surface area (Å²) in [5.74, 6) is 3.21. The Balaban J connectivity index is 1.52. The minimum absolute atomic E-state index is 0.573. The quantitative estimate of drug-likeness (QED) is 0.858. The first-order valence-electron chi connectivity index (χ1n) is 7.24. The van der Waals surface area contributed by atoms with Gasteiger partial charge in [0.05, 0.1) is 6.26 Å². The molecule has 2 heteroatoms. The van der Waals surface area contributed by atoms with E-state index in [0.717, 1.165) is 24.3 Å². The topological polar surface area (TPSA) is 25.2 Å². The van der Waals surface area contributed by atoms with Crippen LogP contribution in [0.3, 0.4) is 0 Å². The standard InChI is InChI=1S/C15H21NO/c1-2-13(12-8-9-17-14(12)3-1)16-15(10-4-5-10)11-6-7-11/h8-11,13,15-16H,1-7H2. The SMILES string of the molecule is c1cc2c(o1)CCCC2NC(C1CC1)C1CC1. The first-order valence-corrected chi connectivity index (χ1v) is 7.24. The van der Waals surface area contributed by atoms with Gasteiger partial charge in [-0.3, -0.25) is 0 Å². The maximum absolute atomic E-state index is 5.58. The second kappa shape index (κ2) is 3.88. The number of fused-ring (bicyclic) bond motifs is 1. The van der Waals surface area contributed by atoms with Crippen molar-refractivity contribution in [1.29, 1.82) is 0 Å². The molecule has 1 aromatic heterocycles. The van der Waals surface area contributed by atoms with Gasteiger partial charge in [-0.15, -0.1) is 0 Å². The Hall–Kier alpha value is -0.760. The van der Waals surface area contributed by atoms with Gasteiger partial charge in [-0.1, -0.05) is 0 Å². The molecular weight excluding hydrogens is 210 g/mol. The lowest BCUT2D eigenvalue weighted by atomic mass is 9.92. The van der Waals surface area contributed by atoms with Crippen molar-refractivity contribution in [1.82, 2.24) is 5.32 Å². The number of furan rings is 1. The normalized spacial score (nSPS) is 28.4. The molecule has 0 amide bonds. The molecule has 1 unspecified atom stereocenters. The van der Waals surface area contributed by atoms with Crippen molar-refractivity contribution in [3.8, 4) is 0 Å². The number of aryl methyl sites for hydroxylation is 1. The first kappa shape index (κ1) is 10.2. The lowest BCUT2D eigenvalue weighted by Crippen LogP contribution is -2.37. The molecule has 0 bridgehead atoms. The third-order valence-electron chi connectivity index (χ3n) is 4.71. The number of rotatable bonds is 4. The van der Waals surface area contributed by atoms with Crippen LogP contribution in [0.5, 0.6) is 0 Å². The lowest BCUT2D eigenvalue weighted by Gasteiger charge is -2.28. The van der Waals surface area contributed by atoms with Gasteiger partial charge in [-0.25, -0.2) is 0 Å². The lowest BCUT2D eigenvalue weighted by molar-refractivity contribution is 0.330. The van der Waals surface area contributed by atoms with Crippen LogP contribution in [0.2, 0.25) is 0 Å². The fraction of sp³-hybridized carbons (Fsp3) is 0.733. The molecule has 1 N–H and O–H groups in total. The van der Waals surface area contributed by atoms with Crippen LogP contribution >= 0.6 is 0 Å². The van der Waals surface area contributed by atoms with E-state index in [1.165, 1.54) is 49.8 Å². The van der Waals surface area contributed by atoms with Crippen LogP contribution in [0.15, 0.2) is 16.7 Å². The smallest absolute Gasteiger partial charge is 0.108 e. The van der Waals surface area contributed by atoms with Crippen LogP contribution in [0.1, 0.15) is 55.9 Å². The van der Waals surface area contributed by atoms with Crippen LogP contribution in [-0.2, 0) is 6.42 Å². The van der Waals surface area contributed by atoms with Gasteiger partial charge in [0.25, 0.3) is 0 Å². The van der Waals surface area contributed by atoms with Gasteiger partial charge >= 0.3 is 0 Å². The summed E-state index contributed by atoms with van der Waals surface area (Å²) >= 11 is 0. The summed E-state index contributed by atoms with van der Waals surface area (Å²) in [4.78, 5) is 0. The highest BCUT2D eigenvalue weighted by atomic mass is 16.3. The molecule has 1 atom stereocenters. The zero-order valence-corrected chi connectivity index (χ0v) is 10.3. The molecule has 17 heavy (non-hydrogen) atoms. The molecule has 92 valence electrons. The van der Waals surface area contributed by atoms with Crippen molar-refractivity contribution in [3.05, 3.63) is 23.7 Å². The van der Waals surface area contributed by atoms with Gasteiger partial charge in [0.2, 0.25) is 0 Å². The summed E-state index contributed by atoms with van der Waals surface area (Å²) in [6.45, 7) is 0. The Bertz CT molecular complexity index is 391. The van der Waals surface area contributed by atoms with Gasteiger partial charge in [0.15, 0.2) is 0 Å². The fourth-order valence-electron chi connectivity index (χ4n) is 3.46. The van der Waals surface area contributed by atoms with E-state index < -0.39 is 0 Å². The summed E-state index contributed by atoms with van der Waals surface area (Å²) in [5, 5.41) is 3.96. The van der Waals surface area contributed by atoms with Crippen LogP contribution in [0.25, 0.3) is 0 Å². The van der Waals surface area contributed by atoms with Crippen molar-refractivity contribution in [2.45, 2.75) is 57.0 Å². The van der Waals surface area contributed by atoms with Crippen LogP contribution < -0.4 is 5.32 Å². The molecule has 4 rings (SSSR count). The molecule has 1 aromatic rings. The third-order valence-corrected chi connectivity index (χ3v) is 4.71. The van der Waals surface area contributed by atoms with E-state index in [-0.39, 0.29) is 0 Å². The Labute approximate surface area is 103 Å². The molecule has 3 aliphatic carbocycles. The third kappa shape index (κ3) is 1.93. The first-order chi connectivity index (χ1) is 8.42. The molecule has 0 aliphatic heterocycles. The largest absolute Gasteiger partial charge is 0.469 e. The fourth-order valence-corrected chi connectivity index (χ4v) is 3.46. The predicted molar refractivity (Wildman–Crippen MR) is 66.8 cm³/mol. The van der Waals surface area contributed by atoms with E-state index >= 15 is 0 Å². The van der Waals surface area contributed by atoms with Crippen LogP contribution in [-0.4, -0.2) is 6.04 Å². The van der Waals surface area contributed by atoms with Crippen molar-refractivity contribution in [3.63, 3.8) is 0 Å². The Morgan fingerprint density at radius 1 is 1.12 bits per heavy atom. The Morgan fingerprint density at radius 3 is 2.59 bits per heavy atom. The van der Waals surface area contributed by atoms with E-state index in [4.69, 9.17) is 4.42 Å². The van der Waals surface area contributed by atoms with Crippen LogP contribution in [0, 0.1) is 11.8 Å². The van der Waals surface area contributed by atoms with Crippen molar-refractivity contribution < 1.29 is 4.42 Å². The van der Waals surface area contributed by atoms with Crippen molar-refractivity contribution in [2.24, 2.45) is 11.8 Å². The minimum Gasteiger partial charge on any atom is -0.469 e. The molecule has 1 heterocycles. The van der Waals surface area contributed by atoms with E-state index in [9.17, 15) is 0 Å². The van der Waals surface area contributed by atoms with Gasteiger partial charge in [0.1, 0.15) is 5.76 Å².